The molecule has 2 aromatic rings. The molecule has 2 aromatic heterocycles. The summed E-state index contributed by atoms with van der Waals surface area (Å²) < 4.78 is 45.0. The minimum absolute atomic E-state index is 0.00754. The third-order valence-electron chi connectivity index (χ3n) is 23.4. The van der Waals surface area contributed by atoms with E-state index >= 15 is 0 Å². The van der Waals surface area contributed by atoms with Crippen LogP contribution in [0.4, 0.5) is 0 Å². The lowest BCUT2D eigenvalue weighted by atomic mass is 9.80. The third-order valence-corrected chi connectivity index (χ3v) is 25.7. The number of aromatic nitrogens is 4. The van der Waals surface area contributed by atoms with Gasteiger partial charge in [0.15, 0.2) is 0 Å². The van der Waals surface area contributed by atoms with Crippen molar-refractivity contribution in [1.29, 1.82) is 0 Å². The van der Waals surface area contributed by atoms with Gasteiger partial charge >= 0.3 is 11.9 Å². The summed E-state index contributed by atoms with van der Waals surface area (Å²) in [7, 11) is 4.53. The van der Waals surface area contributed by atoms with Gasteiger partial charge in [0.05, 0.1) is 63.9 Å². The van der Waals surface area contributed by atoms with Crippen molar-refractivity contribution in [1.82, 2.24) is 17.5 Å². The second kappa shape index (κ2) is 61.2. The molecule has 622 valence electrons. The smallest absolute Gasteiger partial charge is 0.310 e. The Morgan fingerprint density at radius 3 is 1.03 bits per heavy atom. The molecule has 5 atom stereocenters. The normalized spacial score (nSPS) is 18.7. The summed E-state index contributed by atoms with van der Waals surface area (Å²) in [5.41, 5.74) is 3.65. The lowest BCUT2D eigenvalue weighted by Crippen LogP contribution is -2.57. The summed E-state index contributed by atoms with van der Waals surface area (Å²) in [6.07, 6.45) is 74.7. The zero-order valence-electron chi connectivity index (χ0n) is 69.8. The van der Waals surface area contributed by atoms with Crippen molar-refractivity contribution in [3.63, 3.8) is 0 Å². The maximum atomic E-state index is 12.9. The molecule has 5 unspecified atom stereocenters. The topological polar surface area (TPSA) is 203 Å². The van der Waals surface area contributed by atoms with Gasteiger partial charge in [-0.15, -0.1) is 8.75 Å². The van der Waals surface area contributed by atoms with Gasteiger partial charge in [-0.2, -0.15) is 8.75 Å². The van der Waals surface area contributed by atoms with E-state index in [0.29, 0.717) is 55.6 Å². The molecular weight excluding hydrogens is 1500 g/mol. The van der Waals surface area contributed by atoms with E-state index in [0.717, 1.165) is 154 Å². The molecule has 0 amide bonds. The summed E-state index contributed by atoms with van der Waals surface area (Å²) in [5.74, 6) is 1.91. The highest BCUT2D eigenvalue weighted by Gasteiger charge is 2.50. The molecule has 4 heterocycles. The molecule has 0 N–H and O–H groups in total. The van der Waals surface area contributed by atoms with Crippen molar-refractivity contribution in [2.24, 2.45) is 23.2 Å². The van der Waals surface area contributed by atoms with Crippen molar-refractivity contribution < 1.29 is 57.3 Å². The first kappa shape index (κ1) is 97.1. The van der Waals surface area contributed by atoms with Crippen LogP contribution >= 0.6 is 46.0 Å². The second-order valence-corrected chi connectivity index (χ2v) is 35.2. The highest BCUT2D eigenvalue weighted by Crippen LogP contribution is 2.50. The maximum absolute atomic E-state index is 12.9. The molecule has 0 saturated heterocycles. The van der Waals surface area contributed by atoms with Gasteiger partial charge < -0.3 is 38.7 Å². The van der Waals surface area contributed by atoms with Crippen LogP contribution in [0, 0.1) is 23.2 Å². The van der Waals surface area contributed by atoms with Gasteiger partial charge in [0.2, 0.25) is 12.5 Å². The van der Waals surface area contributed by atoms with Gasteiger partial charge in [0.25, 0.3) is 11.8 Å². The fraction of sp³-hybridized carbons (Fsp3) is 0.865. The molecule has 16 nitrogen and oxygen atoms in total. The van der Waals surface area contributed by atoms with Crippen LogP contribution in [0.15, 0.2) is 12.2 Å². The summed E-state index contributed by atoms with van der Waals surface area (Å²) in [6, 6.07) is 0. The van der Waals surface area contributed by atoms with Gasteiger partial charge in [0.1, 0.15) is 24.5 Å². The van der Waals surface area contributed by atoms with Crippen molar-refractivity contribution in [3.8, 4) is 11.8 Å². The predicted octanol–water partition coefficient (Wildman–Crippen LogP) is 23.0. The van der Waals surface area contributed by atoms with E-state index < -0.39 is 17.9 Å². The van der Waals surface area contributed by atoms with E-state index in [1.165, 1.54) is 285 Å². The summed E-state index contributed by atoms with van der Waals surface area (Å²) >= 11 is 4.71. The number of carbonyl (C=O) groups is 4. The molecule has 0 radical (unpaired) electrons. The molecule has 19 heteroatoms. The number of alkyl halides is 1. The number of halogens is 1. The van der Waals surface area contributed by atoms with Gasteiger partial charge in [-0.25, -0.2) is 0 Å². The summed E-state index contributed by atoms with van der Waals surface area (Å²) in [4.78, 5) is 45.7. The summed E-state index contributed by atoms with van der Waals surface area (Å²) in [5, 5.41) is 19.8. The molecule has 3 saturated carbocycles. The van der Waals surface area contributed by atoms with Crippen LogP contribution in [0.5, 0.6) is 11.8 Å². The minimum Gasteiger partial charge on any atom is -0.554 e. The Morgan fingerprint density at radius 1 is 0.463 bits per heavy atom. The minimum atomic E-state index is -0.794. The number of hydrogen-bond acceptors (Lipinski definition) is 16. The van der Waals surface area contributed by atoms with E-state index in [2.05, 4.69) is 101 Å². The monoisotopic (exact) mass is 1660 g/mol. The van der Waals surface area contributed by atoms with Gasteiger partial charge in [0, 0.05) is 70.9 Å². The van der Waals surface area contributed by atoms with E-state index in [-0.39, 0.29) is 24.4 Å². The van der Waals surface area contributed by atoms with Gasteiger partial charge in [-0.05, 0) is 76.5 Å². The van der Waals surface area contributed by atoms with E-state index in [9.17, 15) is 19.5 Å². The Labute approximate surface area is 681 Å². The maximum Gasteiger partial charge on any atom is 0.310 e. The van der Waals surface area contributed by atoms with Crippen molar-refractivity contribution in [3.05, 3.63) is 23.5 Å². The molecule has 0 aromatic carbocycles. The van der Waals surface area contributed by atoms with E-state index in [4.69, 9.17) is 28.8 Å². The van der Waals surface area contributed by atoms with Crippen molar-refractivity contribution in [2.75, 3.05) is 57.9 Å². The van der Waals surface area contributed by atoms with Crippen LogP contribution in [0.25, 0.3) is 11.1 Å². The zero-order chi connectivity index (χ0) is 78.0. The fourth-order valence-electron chi connectivity index (χ4n) is 16.1. The van der Waals surface area contributed by atoms with Gasteiger partial charge in [-0.1, -0.05) is 339 Å². The lowest BCUT2D eigenvalue weighted by Gasteiger charge is -2.43. The van der Waals surface area contributed by atoms with Crippen LogP contribution in [0.1, 0.15) is 412 Å². The summed E-state index contributed by atoms with van der Waals surface area (Å²) in [6.45, 7) is 15.8. The van der Waals surface area contributed by atoms with Crippen LogP contribution < -0.4 is 19.7 Å². The SMILES string of the molecule is CCCCCCCCCCCCCCC(CI)(C(=O)[O-])C1CC1.CCCCCCCCCCCCCCCC(=O)OC(C1CC1)[N+]1(C)CCC=C(c2nsnc2OCCCCCC)C1.CCCCCCCCCCCCCCCC(=O)OC(C1CC1)[N+]1(C)CCC=C(c2nsnc2OCCCCCC)C1.O=C[O-]. The Kier molecular flexibility index (Phi) is 55.0. The molecular formula is C89H157IN6O10S2. The van der Waals surface area contributed by atoms with Crippen LogP contribution in [0.3, 0.4) is 0 Å². The Morgan fingerprint density at radius 2 is 0.750 bits per heavy atom. The first-order valence-electron chi connectivity index (χ1n) is 44.9. The Hall–Kier alpha value is -3.27. The van der Waals surface area contributed by atoms with Crippen LogP contribution in [-0.4, -0.2) is 121 Å². The zero-order valence-corrected chi connectivity index (χ0v) is 73.6. The molecule has 0 bridgehead atoms. The number of ether oxygens (including phenoxy) is 4. The first-order chi connectivity index (χ1) is 52.7. The van der Waals surface area contributed by atoms with Crippen molar-refractivity contribution in [2.45, 2.75) is 413 Å². The number of quaternary nitrogens is 2. The molecule has 2 aliphatic heterocycles. The predicted molar refractivity (Wildman–Crippen MR) is 453 cm³/mol. The number of unbranched alkanes of at least 4 members (excludes halogenated alkanes) is 41. The molecule has 7 rings (SSSR count). The molecule has 0 spiro atoms. The average molecular weight is 1660 g/mol. The quantitative estimate of drug-likeness (QED) is 0.0151. The fourth-order valence-corrected chi connectivity index (χ4v) is 18.4. The Balaban J connectivity index is 0.000000349. The largest absolute Gasteiger partial charge is 0.554 e. The van der Waals surface area contributed by atoms with E-state index in [1.807, 2.05) is 0 Å². The lowest BCUT2D eigenvalue weighted by molar-refractivity contribution is -0.949. The number of hydrogen-bond donors (Lipinski definition) is 0. The highest BCUT2D eigenvalue weighted by molar-refractivity contribution is 14.1. The van der Waals surface area contributed by atoms with Crippen LogP contribution in [-0.2, 0) is 28.7 Å². The Bertz CT molecular complexity index is 2520. The first-order valence-corrected chi connectivity index (χ1v) is 47.9. The van der Waals surface area contributed by atoms with Crippen LogP contribution in [0.2, 0.25) is 0 Å². The number of rotatable bonds is 64. The highest BCUT2D eigenvalue weighted by atomic mass is 127. The number of aliphatic carboxylic acids is 1. The average Bonchev–Trinajstić information content (AvgIpc) is 1.51. The number of esters is 2. The number of carboxylic acid groups (broad SMARTS) is 2. The van der Waals surface area contributed by atoms with Crippen molar-refractivity contribution >= 4 is 81.6 Å². The molecule has 108 heavy (non-hydrogen) atoms. The van der Waals surface area contributed by atoms with E-state index in [1.54, 1.807) is 0 Å². The number of carboxylic acids is 1. The third kappa shape index (κ3) is 41.7. The molecule has 3 fully saturated rings. The second-order valence-electron chi connectivity index (χ2n) is 33.4. The van der Waals surface area contributed by atoms with Gasteiger partial charge in [-0.3, -0.25) is 18.6 Å². The molecule has 3 aliphatic carbocycles. The number of carbonyl (C=O) groups excluding carboxylic acids is 4. The number of nitrogens with zero attached hydrogens (tertiary/aromatic N) is 6. The molecule has 5 aliphatic rings. The number of likely N-dealkylation sites (N-methyl/N-ethyl adjacent to an activating group) is 2. The standard InChI is InChI=1S/2C34H60N3O3S.C20H37IO2.CH2O2/c2*1-4-6-8-10-11-12-13-14-15-16-17-18-19-23-31(38)40-34(29-24-25-29)37(3)26-21-22-30(28-37)32-33(36-41-35-32)39-27-20-9-7-5-2;1-2-3-4-5-6-7-8-9-10-11-12-13-16-20(17-21,19(22)23)18-14-15-18;2-1-3/h2*22,29,34H,4-21,23-28H2,1-3H3;18H,2-17H2,1H3,(H,22,23);1H,(H,2,3)/q2*+1;;/p-2.